The number of ketones is 1. The van der Waals surface area contributed by atoms with Crippen LogP contribution in [-0.4, -0.2) is 28.9 Å². The number of ether oxygens (including phenoxy) is 1. The molecule has 1 N–H and O–H groups in total. The van der Waals surface area contributed by atoms with E-state index in [1.54, 1.807) is 0 Å². The van der Waals surface area contributed by atoms with Crippen LogP contribution in [0.1, 0.15) is 44.9 Å². The molecule has 4 rings (SSSR count). The number of carbonyl (C=O) groups is 2. The molecule has 0 atom stereocenters. The molecule has 0 amide bonds. The predicted octanol–water partition coefficient (Wildman–Crippen LogP) is 3.37. The first-order valence-corrected chi connectivity index (χ1v) is 8.79. The van der Waals surface area contributed by atoms with E-state index in [9.17, 15) is 18.4 Å². The lowest BCUT2D eigenvalue weighted by molar-refractivity contribution is -0.433. The molecule has 0 unspecified atom stereocenters. The molecule has 4 bridgehead atoms. The molecule has 0 radical (unpaired) electrons. The highest BCUT2D eigenvalue weighted by atomic mass is 32.2. The smallest absolute Gasteiger partial charge is 0.415 e. The van der Waals surface area contributed by atoms with E-state index in [4.69, 9.17) is 5.26 Å². The molecular weight excluding hydrogens is 346 g/mol. The summed E-state index contributed by atoms with van der Waals surface area (Å²) in [5.74, 6) is -0.178. The number of hydrogen-bond donors (Lipinski definition) is 1. The van der Waals surface area contributed by atoms with E-state index in [1.165, 1.54) is 19.3 Å². The summed E-state index contributed by atoms with van der Waals surface area (Å²) in [6.45, 7) is -0.670. The van der Waals surface area contributed by atoms with Gasteiger partial charge in [0, 0.05) is 6.42 Å². The summed E-state index contributed by atoms with van der Waals surface area (Å²) >= 11 is -0.698. The average molecular weight is 366 g/mol. The Labute approximate surface area is 142 Å². The van der Waals surface area contributed by atoms with E-state index < -0.39 is 29.9 Å². The van der Waals surface area contributed by atoms with Crippen LogP contribution >= 0.6 is 12.0 Å². The lowest BCUT2D eigenvalue weighted by Crippen LogP contribution is -2.47. The minimum atomic E-state index is -4.07. The molecule has 0 aromatic heterocycles. The number of halogens is 2. The van der Waals surface area contributed by atoms with Gasteiger partial charge >= 0.3 is 11.2 Å². The highest BCUT2D eigenvalue weighted by molar-refractivity contribution is 7.96. The van der Waals surface area contributed by atoms with E-state index in [-0.39, 0.29) is 11.2 Å². The first-order valence-electron chi connectivity index (χ1n) is 8.04. The van der Waals surface area contributed by atoms with Crippen molar-refractivity contribution in [1.82, 2.24) is 0 Å². The SMILES string of the molecule is O=C(COC(=O)C(F)(F)SOOO)CC12CC3CC(CC(C3)C1)C2. The summed E-state index contributed by atoms with van der Waals surface area (Å²) < 4.78 is 34.4. The summed E-state index contributed by atoms with van der Waals surface area (Å²) in [6, 6.07) is 0. The molecule has 24 heavy (non-hydrogen) atoms. The highest BCUT2D eigenvalue weighted by Crippen LogP contribution is 2.61. The Balaban J connectivity index is 1.49. The largest absolute Gasteiger partial charge is 0.452 e. The van der Waals surface area contributed by atoms with Crippen molar-refractivity contribution >= 4 is 23.8 Å². The minimum Gasteiger partial charge on any atom is -0.452 e. The first kappa shape index (κ1) is 18.0. The maximum absolute atomic E-state index is 13.2. The molecule has 4 fully saturated rings. The molecule has 4 saturated carbocycles. The second kappa shape index (κ2) is 6.86. The molecule has 0 spiro atoms. The number of Topliss-reactive ketones (excluding diaryl/α,β-unsaturated/α-hetero) is 1. The van der Waals surface area contributed by atoms with Gasteiger partial charge in [0.25, 0.3) is 0 Å². The van der Waals surface area contributed by atoms with Gasteiger partial charge in [-0.3, -0.25) is 4.79 Å². The Hall–Kier alpha value is -0.770. The van der Waals surface area contributed by atoms with Gasteiger partial charge < -0.3 is 4.74 Å². The molecule has 4 aliphatic carbocycles. The average Bonchev–Trinajstić information content (AvgIpc) is 2.48. The molecule has 0 aromatic rings. The van der Waals surface area contributed by atoms with Crippen molar-refractivity contribution in [3.05, 3.63) is 0 Å². The quantitative estimate of drug-likeness (QED) is 0.305. The zero-order chi connectivity index (χ0) is 17.4. The van der Waals surface area contributed by atoms with Gasteiger partial charge in [-0.2, -0.15) is 8.78 Å². The standard InChI is InChI=1S/C15H20F2O6S/c16-15(17,24-23-22-20)13(19)21-8-12(18)7-14-4-9-1-10(5-14)3-11(2-9)6-14/h9-11,20H,1-8H2. The van der Waals surface area contributed by atoms with Crippen molar-refractivity contribution in [3.8, 4) is 0 Å². The normalized spacial score (nSPS) is 34.4. The van der Waals surface area contributed by atoms with Crippen molar-refractivity contribution in [2.24, 2.45) is 23.2 Å². The summed E-state index contributed by atoms with van der Waals surface area (Å²) in [6.07, 6.45) is 7.10. The Bertz CT molecular complexity index is 477. The van der Waals surface area contributed by atoms with E-state index in [2.05, 4.69) is 14.1 Å². The number of carbonyl (C=O) groups excluding carboxylic acids is 2. The fourth-order valence-electron chi connectivity index (χ4n) is 5.30. The first-order chi connectivity index (χ1) is 11.3. The summed E-state index contributed by atoms with van der Waals surface area (Å²) in [7, 11) is 0. The van der Waals surface area contributed by atoms with Crippen LogP contribution in [0.3, 0.4) is 0 Å². The minimum absolute atomic E-state index is 0.0245. The van der Waals surface area contributed by atoms with Crippen LogP contribution < -0.4 is 0 Å². The third-order valence-electron chi connectivity index (χ3n) is 5.51. The van der Waals surface area contributed by atoms with Gasteiger partial charge in [0.2, 0.25) is 0 Å². The van der Waals surface area contributed by atoms with Gasteiger partial charge in [-0.25, -0.2) is 10.1 Å². The van der Waals surface area contributed by atoms with Gasteiger partial charge in [-0.1, -0.05) is 5.04 Å². The topological polar surface area (TPSA) is 82.1 Å². The van der Waals surface area contributed by atoms with Crippen molar-refractivity contribution < 1.29 is 37.7 Å². The lowest BCUT2D eigenvalue weighted by atomic mass is 9.48. The van der Waals surface area contributed by atoms with Gasteiger partial charge in [-0.15, -0.1) is 4.33 Å². The van der Waals surface area contributed by atoms with Crippen LogP contribution in [0, 0.1) is 23.2 Å². The Morgan fingerprint density at radius 1 is 1.12 bits per heavy atom. The van der Waals surface area contributed by atoms with Gasteiger partial charge in [-0.05, 0) is 61.7 Å². The van der Waals surface area contributed by atoms with Crippen LogP contribution in [0.2, 0.25) is 0 Å². The Kier molecular flexibility index (Phi) is 5.15. The highest BCUT2D eigenvalue weighted by Gasteiger charge is 2.51. The maximum Gasteiger partial charge on any atom is 0.415 e. The summed E-state index contributed by atoms with van der Waals surface area (Å²) in [4.78, 5) is 23.4. The molecule has 9 heteroatoms. The predicted molar refractivity (Wildman–Crippen MR) is 78.5 cm³/mol. The van der Waals surface area contributed by atoms with Crippen molar-refractivity contribution in [1.29, 1.82) is 0 Å². The van der Waals surface area contributed by atoms with Gasteiger partial charge in [0.1, 0.15) is 18.6 Å². The molecule has 0 aliphatic heterocycles. The second-order valence-electron chi connectivity index (χ2n) is 7.45. The fraction of sp³-hybridized carbons (Fsp3) is 0.867. The maximum atomic E-state index is 13.2. The van der Waals surface area contributed by atoms with Crippen LogP contribution in [0.25, 0.3) is 0 Å². The van der Waals surface area contributed by atoms with Gasteiger partial charge in [0.05, 0.1) is 0 Å². The third-order valence-corrected chi connectivity index (χ3v) is 6.01. The van der Waals surface area contributed by atoms with E-state index in [1.807, 2.05) is 0 Å². The number of hydrogen-bond acceptors (Lipinski definition) is 7. The fourth-order valence-corrected chi connectivity index (χ4v) is 5.54. The molecule has 6 nitrogen and oxygen atoms in total. The monoisotopic (exact) mass is 366 g/mol. The van der Waals surface area contributed by atoms with Gasteiger partial charge in [0.15, 0.2) is 5.78 Å². The van der Waals surface area contributed by atoms with Crippen LogP contribution in [0.5, 0.6) is 0 Å². The third kappa shape index (κ3) is 3.89. The summed E-state index contributed by atoms with van der Waals surface area (Å²) in [5.41, 5.74) is -0.0245. The van der Waals surface area contributed by atoms with E-state index >= 15 is 0 Å². The van der Waals surface area contributed by atoms with E-state index in [0.717, 1.165) is 19.3 Å². The molecule has 0 saturated heterocycles. The van der Waals surface area contributed by atoms with Crippen LogP contribution in [-0.2, 0) is 23.7 Å². The zero-order valence-corrected chi connectivity index (χ0v) is 13.9. The molecular formula is C15H20F2O6S. The number of rotatable bonds is 8. The van der Waals surface area contributed by atoms with Crippen LogP contribution in [0.4, 0.5) is 8.78 Å². The molecule has 4 aliphatic rings. The van der Waals surface area contributed by atoms with Crippen LogP contribution in [0.15, 0.2) is 0 Å². The Morgan fingerprint density at radius 2 is 1.67 bits per heavy atom. The second-order valence-corrected chi connectivity index (χ2v) is 8.27. The number of alkyl halides is 2. The molecule has 0 aromatic carbocycles. The number of esters is 1. The van der Waals surface area contributed by atoms with E-state index in [0.29, 0.717) is 24.2 Å². The Morgan fingerprint density at radius 3 is 2.17 bits per heavy atom. The van der Waals surface area contributed by atoms with Crippen molar-refractivity contribution in [2.45, 2.75) is 50.2 Å². The molecule has 0 heterocycles. The van der Waals surface area contributed by atoms with Crippen molar-refractivity contribution in [2.75, 3.05) is 6.61 Å². The summed E-state index contributed by atoms with van der Waals surface area (Å²) in [5, 5.41) is 6.79. The zero-order valence-electron chi connectivity index (χ0n) is 13.0. The molecule has 136 valence electrons. The van der Waals surface area contributed by atoms with Crippen molar-refractivity contribution in [3.63, 3.8) is 0 Å². The lowest BCUT2D eigenvalue weighted by Gasteiger charge is -2.56.